The van der Waals surface area contributed by atoms with Gasteiger partial charge in [0.15, 0.2) is 5.65 Å². The van der Waals surface area contributed by atoms with E-state index in [1.807, 2.05) is 33.9 Å². The summed E-state index contributed by atoms with van der Waals surface area (Å²) >= 11 is 1.51. The molecule has 1 atom stereocenters. The Morgan fingerprint density at radius 2 is 2.31 bits per heavy atom. The van der Waals surface area contributed by atoms with Crippen LogP contribution in [0, 0.1) is 0 Å². The van der Waals surface area contributed by atoms with E-state index in [9.17, 15) is 9.59 Å². The Hall–Kier alpha value is -2.45. The van der Waals surface area contributed by atoms with Gasteiger partial charge >= 0.3 is 5.69 Å². The number of pyridine rings is 1. The van der Waals surface area contributed by atoms with Gasteiger partial charge in [-0.1, -0.05) is 0 Å². The van der Waals surface area contributed by atoms with Gasteiger partial charge in [-0.15, -0.1) is 0 Å². The van der Waals surface area contributed by atoms with Crippen molar-refractivity contribution in [1.82, 2.24) is 19.0 Å². The van der Waals surface area contributed by atoms with Gasteiger partial charge in [0.1, 0.15) is 0 Å². The fourth-order valence-electron chi connectivity index (χ4n) is 3.54. The Bertz CT molecular complexity index is 976. The SMILES string of the molecule is COCCn1c(=O)n([C@@H]2CCN(C(=O)c3ccsc3)C2)c2ncccc21. The number of rotatable bonds is 5. The van der Waals surface area contributed by atoms with Gasteiger partial charge in [-0.3, -0.25) is 13.9 Å². The molecule has 8 heteroatoms. The van der Waals surface area contributed by atoms with Crippen LogP contribution < -0.4 is 5.69 Å². The third kappa shape index (κ3) is 2.85. The van der Waals surface area contributed by atoms with Crippen molar-refractivity contribution in [2.45, 2.75) is 19.0 Å². The first-order chi connectivity index (χ1) is 12.7. The first-order valence-corrected chi connectivity index (χ1v) is 9.51. The Morgan fingerprint density at radius 1 is 1.42 bits per heavy atom. The summed E-state index contributed by atoms with van der Waals surface area (Å²) in [6.45, 7) is 2.11. The number of ether oxygens (including phenoxy) is 1. The first-order valence-electron chi connectivity index (χ1n) is 8.57. The lowest BCUT2D eigenvalue weighted by atomic mass is 10.2. The van der Waals surface area contributed by atoms with Crippen LogP contribution in [-0.4, -0.2) is 51.7 Å². The Balaban J connectivity index is 1.66. The maximum atomic E-state index is 13.0. The van der Waals surface area contributed by atoms with Crippen molar-refractivity contribution >= 4 is 28.4 Å². The molecule has 0 N–H and O–H groups in total. The van der Waals surface area contributed by atoms with Crippen LogP contribution in [0.1, 0.15) is 22.8 Å². The lowest BCUT2D eigenvalue weighted by Gasteiger charge is -2.16. The van der Waals surface area contributed by atoms with E-state index < -0.39 is 0 Å². The number of carbonyl (C=O) groups is 1. The molecule has 0 bridgehead atoms. The number of carbonyl (C=O) groups excluding carboxylic acids is 1. The highest BCUT2D eigenvalue weighted by Crippen LogP contribution is 2.25. The minimum Gasteiger partial charge on any atom is -0.383 e. The number of likely N-dealkylation sites (tertiary alicyclic amines) is 1. The quantitative estimate of drug-likeness (QED) is 0.687. The molecule has 0 aromatic carbocycles. The zero-order valence-corrected chi connectivity index (χ0v) is 15.3. The summed E-state index contributed by atoms with van der Waals surface area (Å²) in [6.07, 6.45) is 2.44. The number of nitrogens with zero attached hydrogens (tertiary/aromatic N) is 4. The van der Waals surface area contributed by atoms with Crippen molar-refractivity contribution in [3.63, 3.8) is 0 Å². The van der Waals surface area contributed by atoms with Crippen LogP contribution in [0.15, 0.2) is 40.0 Å². The molecule has 1 aliphatic rings. The molecule has 1 aliphatic heterocycles. The fraction of sp³-hybridized carbons (Fsp3) is 0.389. The van der Waals surface area contributed by atoms with E-state index in [1.54, 1.807) is 22.4 Å². The standard InChI is InChI=1S/C18H20N4O3S/c1-25-9-8-21-15-3-2-6-19-16(15)22(18(21)24)14-4-7-20(11-14)17(23)13-5-10-26-12-13/h2-3,5-6,10,12,14H,4,7-9,11H2,1H3/t14-/m1/s1. The summed E-state index contributed by atoms with van der Waals surface area (Å²) in [5.74, 6) is 0.0258. The molecule has 1 saturated heterocycles. The number of hydrogen-bond donors (Lipinski definition) is 0. The molecule has 4 rings (SSSR count). The molecule has 0 saturated carbocycles. The Morgan fingerprint density at radius 3 is 3.08 bits per heavy atom. The van der Waals surface area contributed by atoms with Gasteiger partial charge in [0, 0.05) is 31.8 Å². The number of imidazole rings is 1. The highest BCUT2D eigenvalue weighted by molar-refractivity contribution is 7.08. The van der Waals surface area contributed by atoms with Gasteiger partial charge < -0.3 is 9.64 Å². The molecule has 1 fully saturated rings. The highest BCUT2D eigenvalue weighted by atomic mass is 32.1. The Kier molecular flexibility index (Phi) is 4.60. The average Bonchev–Trinajstić information content (AvgIpc) is 3.39. The maximum absolute atomic E-state index is 13.0. The van der Waals surface area contributed by atoms with Gasteiger partial charge in [0.25, 0.3) is 5.91 Å². The van der Waals surface area contributed by atoms with E-state index in [4.69, 9.17) is 4.74 Å². The van der Waals surface area contributed by atoms with Crippen LogP contribution in [0.25, 0.3) is 11.2 Å². The number of aromatic nitrogens is 3. The fourth-order valence-corrected chi connectivity index (χ4v) is 4.17. The normalized spacial score (nSPS) is 17.3. The number of methoxy groups -OCH3 is 1. The lowest BCUT2D eigenvalue weighted by molar-refractivity contribution is 0.0788. The smallest absolute Gasteiger partial charge is 0.330 e. The molecule has 4 heterocycles. The number of amides is 1. The second kappa shape index (κ2) is 7.05. The monoisotopic (exact) mass is 372 g/mol. The molecule has 0 unspecified atom stereocenters. The van der Waals surface area contributed by atoms with Gasteiger partial charge in [-0.05, 0) is 30.0 Å². The topological polar surface area (TPSA) is 69.4 Å². The van der Waals surface area contributed by atoms with Crippen molar-refractivity contribution in [3.05, 3.63) is 51.2 Å². The predicted octanol–water partition coefficient (Wildman–Crippen LogP) is 1.99. The van der Waals surface area contributed by atoms with E-state index in [-0.39, 0.29) is 17.6 Å². The van der Waals surface area contributed by atoms with Crippen molar-refractivity contribution in [1.29, 1.82) is 0 Å². The van der Waals surface area contributed by atoms with E-state index in [0.29, 0.717) is 37.5 Å². The molecule has 1 amide bonds. The molecule has 3 aromatic heterocycles. The predicted molar refractivity (Wildman–Crippen MR) is 99.7 cm³/mol. The third-order valence-corrected chi connectivity index (χ3v) is 5.51. The summed E-state index contributed by atoms with van der Waals surface area (Å²) in [5, 5.41) is 3.76. The van der Waals surface area contributed by atoms with Crippen LogP contribution in [-0.2, 0) is 11.3 Å². The minimum atomic E-state index is -0.0921. The summed E-state index contributed by atoms with van der Waals surface area (Å²) in [5.41, 5.74) is 2.09. The largest absolute Gasteiger partial charge is 0.383 e. The number of thiophene rings is 1. The van der Waals surface area contributed by atoms with Gasteiger partial charge in [-0.2, -0.15) is 11.3 Å². The van der Waals surface area contributed by atoms with Crippen LogP contribution in [0.3, 0.4) is 0 Å². The lowest BCUT2D eigenvalue weighted by Crippen LogP contribution is -2.32. The molecule has 0 radical (unpaired) electrons. The second-order valence-corrected chi connectivity index (χ2v) is 7.13. The summed E-state index contributed by atoms with van der Waals surface area (Å²) < 4.78 is 8.58. The average molecular weight is 372 g/mol. The van der Waals surface area contributed by atoms with Crippen LogP contribution >= 0.6 is 11.3 Å². The maximum Gasteiger partial charge on any atom is 0.330 e. The molecule has 3 aromatic rings. The van der Waals surface area contributed by atoms with Crippen molar-refractivity contribution in [2.24, 2.45) is 0 Å². The minimum absolute atomic E-state index is 0.0258. The van der Waals surface area contributed by atoms with E-state index >= 15 is 0 Å². The highest BCUT2D eigenvalue weighted by Gasteiger charge is 2.31. The molecule has 7 nitrogen and oxygen atoms in total. The van der Waals surface area contributed by atoms with E-state index in [2.05, 4.69) is 4.98 Å². The number of hydrogen-bond acceptors (Lipinski definition) is 5. The van der Waals surface area contributed by atoms with Crippen molar-refractivity contribution < 1.29 is 9.53 Å². The molecule has 0 spiro atoms. The summed E-state index contributed by atoms with van der Waals surface area (Å²) in [6, 6.07) is 5.51. The first kappa shape index (κ1) is 17.0. The summed E-state index contributed by atoms with van der Waals surface area (Å²) in [7, 11) is 1.62. The molecule has 26 heavy (non-hydrogen) atoms. The zero-order chi connectivity index (χ0) is 18.1. The van der Waals surface area contributed by atoms with Crippen molar-refractivity contribution in [2.75, 3.05) is 26.8 Å². The third-order valence-electron chi connectivity index (χ3n) is 4.82. The second-order valence-electron chi connectivity index (χ2n) is 6.35. The zero-order valence-electron chi connectivity index (χ0n) is 14.5. The molecule has 136 valence electrons. The van der Waals surface area contributed by atoms with Crippen LogP contribution in [0.2, 0.25) is 0 Å². The van der Waals surface area contributed by atoms with Gasteiger partial charge in [-0.25, -0.2) is 9.78 Å². The molecular formula is C18H20N4O3S. The Labute approximate surface area is 154 Å². The van der Waals surface area contributed by atoms with Gasteiger partial charge in [0.2, 0.25) is 0 Å². The van der Waals surface area contributed by atoms with E-state index in [0.717, 1.165) is 11.9 Å². The van der Waals surface area contributed by atoms with E-state index in [1.165, 1.54) is 11.3 Å². The van der Waals surface area contributed by atoms with Crippen LogP contribution in [0.4, 0.5) is 0 Å². The molecule has 0 aliphatic carbocycles. The van der Waals surface area contributed by atoms with Gasteiger partial charge in [0.05, 0.1) is 30.3 Å². The van der Waals surface area contributed by atoms with Crippen molar-refractivity contribution in [3.8, 4) is 0 Å². The number of fused-ring (bicyclic) bond motifs is 1. The van der Waals surface area contributed by atoms with Crippen LogP contribution in [0.5, 0.6) is 0 Å². The summed E-state index contributed by atoms with van der Waals surface area (Å²) in [4.78, 5) is 31.9. The molecular weight excluding hydrogens is 352 g/mol.